The summed E-state index contributed by atoms with van der Waals surface area (Å²) in [5.74, 6) is 1.17. The molecule has 252 valence electrons. The summed E-state index contributed by atoms with van der Waals surface area (Å²) in [6.07, 6.45) is 4.77. The van der Waals surface area contributed by atoms with Crippen molar-refractivity contribution < 1.29 is 14.3 Å². The Morgan fingerprint density at radius 3 is 2.62 bits per heavy atom. The molecule has 4 heterocycles. The van der Waals surface area contributed by atoms with Gasteiger partial charge in [0.2, 0.25) is 5.91 Å². The Morgan fingerprint density at radius 2 is 1.90 bits per heavy atom. The Labute approximate surface area is 282 Å². The SMILES string of the molecule is CNC(=O)c1cc(Nc2nc(-c3ccc4c(c3)N([C@H]3C[C@@H](N[C@@H]5CCOC[C@H]5C)C3)C(=O)C4(C)C)cc3ncn(C(C)C)c23)ccc1C. The number of rotatable bonds is 8. The van der Waals surface area contributed by atoms with Crippen LogP contribution in [0.15, 0.2) is 48.8 Å². The molecule has 2 atom stereocenters. The van der Waals surface area contributed by atoms with Gasteiger partial charge >= 0.3 is 0 Å². The van der Waals surface area contributed by atoms with Crippen molar-refractivity contribution in [2.24, 2.45) is 5.92 Å². The fraction of sp³-hybridized carbons (Fsp3) is 0.474. The predicted molar refractivity (Wildman–Crippen MR) is 190 cm³/mol. The van der Waals surface area contributed by atoms with Crippen LogP contribution >= 0.6 is 0 Å². The number of carbonyl (C=O) groups is 2. The molecule has 7 rings (SSSR count). The van der Waals surface area contributed by atoms with Gasteiger partial charge in [0, 0.05) is 60.3 Å². The molecule has 48 heavy (non-hydrogen) atoms. The van der Waals surface area contributed by atoms with Gasteiger partial charge in [-0.25, -0.2) is 9.97 Å². The number of nitrogens with zero attached hydrogens (tertiary/aromatic N) is 4. The van der Waals surface area contributed by atoms with Gasteiger partial charge in [-0.1, -0.05) is 25.1 Å². The van der Waals surface area contributed by atoms with Gasteiger partial charge in [0.25, 0.3) is 5.91 Å². The van der Waals surface area contributed by atoms with Crippen LogP contribution in [0, 0.1) is 12.8 Å². The lowest BCUT2D eigenvalue weighted by molar-refractivity contribution is -0.123. The molecule has 0 radical (unpaired) electrons. The molecule has 1 saturated carbocycles. The van der Waals surface area contributed by atoms with Gasteiger partial charge in [-0.3, -0.25) is 9.59 Å². The van der Waals surface area contributed by atoms with Crippen molar-refractivity contribution >= 4 is 40.0 Å². The van der Waals surface area contributed by atoms with Crippen LogP contribution in [0.4, 0.5) is 17.2 Å². The molecule has 0 unspecified atom stereocenters. The number of aromatic nitrogens is 3. The van der Waals surface area contributed by atoms with E-state index in [0.29, 0.717) is 29.4 Å². The van der Waals surface area contributed by atoms with Crippen molar-refractivity contribution in [3.63, 3.8) is 0 Å². The maximum Gasteiger partial charge on any atom is 0.251 e. The highest BCUT2D eigenvalue weighted by Gasteiger charge is 2.49. The number of aryl methyl sites for hydroxylation is 1. The first kappa shape index (κ1) is 32.3. The first-order chi connectivity index (χ1) is 23.0. The van der Waals surface area contributed by atoms with Crippen molar-refractivity contribution in [2.75, 3.05) is 30.5 Å². The van der Waals surface area contributed by atoms with Gasteiger partial charge in [-0.2, -0.15) is 0 Å². The average Bonchev–Trinajstić information content (AvgIpc) is 3.57. The third kappa shape index (κ3) is 5.54. The molecular formula is C38H47N7O3. The Morgan fingerprint density at radius 1 is 1.10 bits per heavy atom. The molecule has 2 aromatic carbocycles. The lowest BCUT2D eigenvalue weighted by atomic mass is 9.83. The zero-order valence-electron chi connectivity index (χ0n) is 29.1. The highest BCUT2D eigenvalue weighted by molar-refractivity contribution is 6.09. The van der Waals surface area contributed by atoms with Gasteiger partial charge in [0.05, 0.1) is 29.6 Å². The molecule has 4 aromatic rings. The van der Waals surface area contributed by atoms with Gasteiger partial charge in [-0.15, -0.1) is 0 Å². The summed E-state index contributed by atoms with van der Waals surface area (Å²) in [5, 5.41) is 10.1. The zero-order chi connectivity index (χ0) is 33.9. The molecule has 3 N–H and O–H groups in total. The molecule has 0 spiro atoms. The molecule has 0 bridgehead atoms. The van der Waals surface area contributed by atoms with Crippen LogP contribution in [0.2, 0.25) is 0 Å². The topological polar surface area (TPSA) is 113 Å². The number of pyridine rings is 1. The smallest absolute Gasteiger partial charge is 0.251 e. The maximum absolute atomic E-state index is 14.0. The normalized spacial score (nSPS) is 23.3. The number of hydrogen-bond donors (Lipinski definition) is 3. The van der Waals surface area contributed by atoms with E-state index < -0.39 is 5.41 Å². The second kappa shape index (κ2) is 12.3. The Balaban J connectivity index is 1.23. The summed E-state index contributed by atoms with van der Waals surface area (Å²) < 4.78 is 7.75. The number of imidazole rings is 1. The molecule has 2 fully saturated rings. The van der Waals surface area contributed by atoms with Gasteiger partial charge in [0.1, 0.15) is 5.52 Å². The van der Waals surface area contributed by atoms with Crippen LogP contribution in [0.3, 0.4) is 0 Å². The number of benzene rings is 2. The van der Waals surface area contributed by atoms with Crippen LogP contribution in [0.5, 0.6) is 0 Å². The van der Waals surface area contributed by atoms with E-state index in [9.17, 15) is 9.59 Å². The number of nitrogens with one attached hydrogen (secondary N) is 3. The molecule has 10 heteroatoms. The Hall–Kier alpha value is -4.28. The van der Waals surface area contributed by atoms with Gasteiger partial charge in [-0.05, 0) is 95.2 Å². The first-order valence-corrected chi connectivity index (χ1v) is 17.3. The van der Waals surface area contributed by atoms with E-state index in [-0.39, 0.29) is 23.9 Å². The van der Waals surface area contributed by atoms with Crippen molar-refractivity contribution in [1.82, 2.24) is 25.2 Å². The number of amides is 2. The van der Waals surface area contributed by atoms with E-state index >= 15 is 0 Å². The molecular weight excluding hydrogens is 602 g/mol. The molecule has 2 aromatic heterocycles. The van der Waals surface area contributed by atoms with Crippen LogP contribution in [-0.2, 0) is 14.9 Å². The van der Waals surface area contributed by atoms with Crippen LogP contribution in [0.25, 0.3) is 22.3 Å². The monoisotopic (exact) mass is 649 g/mol. The summed E-state index contributed by atoms with van der Waals surface area (Å²) in [5.41, 5.74) is 7.08. The average molecular weight is 650 g/mol. The predicted octanol–water partition coefficient (Wildman–Crippen LogP) is 6.26. The van der Waals surface area contributed by atoms with E-state index in [1.165, 1.54) is 0 Å². The van der Waals surface area contributed by atoms with Crippen LogP contribution in [0.1, 0.15) is 81.4 Å². The standard InChI is InChI=1S/C38H47N7O3/c1-21(2)44-20-40-32-18-31(43-35(34(32)44)42-25-10-8-22(3)28(17-25)36(46)39-7)24-9-11-29-33(14-24)45(37(47)38(29,5)6)27-15-26(16-27)41-30-12-13-48-19-23(30)4/h8-11,14,17-18,20-21,23,26-27,30,41H,12-13,15-16,19H2,1-7H3,(H,39,46)(H,42,43)/t23-,26-,27+,30-/m1/s1. The van der Waals surface area contributed by atoms with E-state index in [4.69, 9.17) is 14.7 Å². The first-order valence-electron chi connectivity index (χ1n) is 17.3. The number of fused-ring (bicyclic) bond motifs is 2. The lowest BCUT2D eigenvalue weighted by Crippen LogP contribution is -2.58. The fourth-order valence-electron chi connectivity index (χ4n) is 7.57. The molecule has 3 aliphatic rings. The molecule has 10 nitrogen and oxygen atoms in total. The van der Waals surface area contributed by atoms with E-state index in [1.54, 1.807) is 7.05 Å². The van der Waals surface area contributed by atoms with Crippen molar-refractivity contribution in [3.8, 4) is 11.3 Å². The Kier molecular flexibility index (Phi) is 8.28. The second-order valence-corrected chi connectivity index (χ2v) is 14.7. The second-order valence-electron chi connectivity index (χ2n) is 14.7. The van der Waals surface area contributed by atoms with Crippen LogP contribution in [-0.4, -0.2) is 64.7 Å². The zero-order valence-corrected chi connectivity index (χ0v) is 29.1. The van der Waals surface area contributed by atoms with E-state index in [2.05, 4.69) is 64.4 Å². The minimum atomic E-state index is -0.602. The fourth-order valence-corrected chi connectivity index (χ4v) is 7.57. The largest absolute Gasteiger partial charge is 0.381 e. The van der Waals surface area contributed by atoms with Crippen molar-refractivity contribution in [2.45, 2.75) is 90.4 Å². The Bertz CT molecular complexity index is 1890. The van der Waals surface area contributed by atoms with E-state index in [0.717, 1.165) is 77.3 Å². The minimum Gasteiger partial charge on any atom is -0.381 e. The van der Waals surface area contributed by atoms with Crippen molar-refractivity contribution in [3.05, 3.63) is 65.5 Å². The lowest BCUT2D eigenvalue weighted by Gasteiger charge is -2.45. The molecule has 1 aliphatic carbocycles. The molecule has 1 saturated heterocycles. The van der Waals surface area contributed by atoms with Gasteiger partial charge < -0.3 is 30.2 Å². The number of ether oxygens (including phenoxy) is 1. The van der Waals surface area contributed by atoms with Crippen molar-refractivity contribution in [1.29, 1.82) is 0 Å². The number of anilines is 3. The number of hydrogen-bond acceptors (Lipinski definition) is 7. The number of carbonyl (C=O) groups excluding carboxylic acids is 2. The molecule has 2 amide bonds. The maximum atomic E-state index is 14.0. The van der Waals surface area contributed by atoms with Gasteiger partial charge in [0.15, 0.2) is 5.82 Å². The highest BCUT2D eigenvalue weighted by Crippen LogP contribution is 2.47. The minimum absolute atomic E-state index is 0.137. The summed E-state index contributed by atoms with van der Waals surface area (Å²) in [6, 6.07) is 15.3. The van der Waals surface area contributed by atoms with Crippen LogP contribution < -0.4 is 20.9 Å². The highest BCUT2D eigenvalue weighted by atomic mass is 16.5. The molecule has 2 aliphatic heterocycles. The quantitative estimate of drug-likeness (QED) is 0.207. The third-order valence-corrected chi connectivity index (χ3v) is 10.6. The summed E-state index contributed by atoms with van der Waals surface area (Å²) in [4.78, 5) is 38.5. The summed E-state index contributed by atoms with van der Waals surface area (Å²) >= 11 is 0. The summed E-state index contributed by atoms with van der Waals surface area (Å²) in [6.45, 7) is 14.1. The van der Waals surface area contributed by atoms with E-state index in [1.807, 2.05) is 51.4 Å². The third-order valence-electron chi connectivity index (χ3n) is 10.6. The summed E-state index contributed by atoms with van der Waals surface area (Å²) in [7, 11) is 1.64.